The van der Waals surface area contributed by atoms with Gasteiger partial charge < -0.3 is 29.4 Å². The van der Waals surface area contributed by atoms with Crippen LogP contribution in [0.2, 0.25) is 0 Å². The molecule has 0 fully saturated rings. The van der Waals surface area contributed by atoms with Crippen molar-refractivity contribution in [1.82, 2.24) is 0 Å². The van der Waals surface area contributed by atoms with Crippen LogP contribution >= 0.6 is 0 Å². The van der Waals surface area contributed by atoms with Crippen LogP contribution in [0.3, 0.4) is 0 Å². The predicted octanol–water partition coefficient (Wildman–Crippen LogP) is 4.36. The van der Waals surface area contributed by atoms with E-state index in [9.17, 15) is 9.65 Å². The van der Waals surface area contributed by atoms with E-state index in [1.807, 2.05) is 6.07 Å². The quantitative estimate of drug-likeness (QED) is 0.622. The summed E-state index contributed by atoms with van der Waals surface area (Å²) < 4.78 is 41.9. The van der Waals surface area contributed by atoms with Gasteiger partial charge in [-0.2, -0.15) is 5.26 Å². The average molecular weight is 446 g/mol. The number of nitrogens with two attached hydrogens (primary N) is 1. The van der Waals surface area contributed by atoms with Crippen molar-refractivity contribution in [3.05, 3.63) is 88.6 Å². The monoisotopic (exact) mass is 446 g/mol. The van der Waals surface area contributed by atoms with E-state index in [1.165, 1.54) is 13.2 Å². The number of nitriles is 1. The SMILES string of the molecule is COc1cc([C@@H]2C(C#N)=C(N)Oc3cc4c(cc32)OCO4)ccc1OCc1ccccc1F. The van der Waals surface area contributed by atoms with Gasteiger partial charge in [0.1, 0.15) is 29.8 Å². The first kappa shape index (κ1) is 20.5. The lowest BCUT2D eigenvalue weighted by molar-refractivity contribution is 0.174. The van der Waals surface area contributed by atoms with E-state index in [4.69, 9.17) is 29.4 Å². The molecule has 0 radical (unpaired) electrons. The molecular formula is C25H19FN2O5. The first-order valence-electron chi connectivity index (χ1n) is 10.1. The molecule has 7 nitrogen and oxygen atoms in total. The Bertz CT molecular complexity index is 1310. The number of nitrogens with zero attached hydrogens (tertiary/aromatic N) is 1. The molecule has 0 amide bonds. The minimum Gasteiger partial charge on any atom is -0.493 e. The number of hydrogen-bond acceptors (Lipinski definition) is 7. The second kappa shape index (κ2) is 8.28. The van der Waals surface area contributed by atoms with Gasteiger partial charge in [-0.25, -0.2) is 4.39 Å². The lowest BCUT2D eigenvalue weighted by Crippen LogP contribution is -2.21. The van der Waals surface area contributed by atoms with Gasteiger partial charge in [-0.15, -0.1) is 0 Å². The molecule has 5 rings (SSSR count). The molecule has 2 aliphatic heterocycles. The van der Waals surface area contributed by atoms with E-state index in [0.717, 1.165) is 5.56 Å². The van der Waals surface area contributed by atoms with Crippen LogP contribution in [0.25, 0.3) is 0 Å². The van der Waals surface area contributed by atoms with Gasteiger partial charge in [-0.05, 0) is 29.8 Å². The van der Waals surface area contributed by atoms with Crippen LogP contribution < -0.4 is 29.4 Å². The number of benzene rings is 3. The van der Waals surface area contributed by atoms with Gasteiger partial charge in [0, 0.05) is 17.2 Å². The van der Waals surface area contributed by atoms with E-state index < -0.39 is 5.92 Å². The van der Waals surface area contributed by atoms with Crippen LogP contribution in [0.1, 0.15) is 22.6 Å². The number of hydrogen-bond donors (Lipinski definition) is 1. The van der Waals surface area contributed by atoms with Crippen LogP contribution in [0.5, 0.6) is 28.7 Å². The molecule has 2 N–H and O–H groups in total. The summed E-state index contributed by atoms with van der Waals surface area (Å²) >= 11 is 0. The fourth-order valence-electron chi connectivity index (χ4n) is 3.94. The van der Waals surface area contributed by atoms with E-state index in [1.54, 1.807) is 42.5 Å². The highest BCUT2D eigenvalue weighted by atomic mass is 19.1. The molecule has 166 valence electrons. The fourth-order valence-corrected chi connectivity index (χ4v) is 3.94. The first-order chi connectivity index (χ1) is 16.1. The van der Waals surface area contributed by atoms with Crippen LogP contribution in [-0.4, -0.2) is 13.9 Å². The molecule has 0 bridgehead atoms. The maximum absolute atomic E-state index is 13.9. The standard InChI is InChI=1S/C25H19FN2O5/c1-29-21-8-14(6-7-19(21)30-12-15-4-2-3-5-18(15)26)24-16-9-22-23(32-13-31-22)10-20(16)33-25(28)17(24)11-27/h2-10,24H,12-13,28H2,1H3/t24-/m0/s1. The fraction of sp³-hybridized carbons (Fsp3) is 0.160. The molecule has 0 saturated carbocycles. The van der Waals surface area contributed by atoms with Crippen LogP contribution in [0, 0.1) is 17.1 Å². The van der Waals surface area contributed by atoms with Gasteiger partial charge >= 0.3 is 0 Å². The van der Waals surface area contributed by atoms with Crippen molar-refractivity contribution in [2.75, 3.05) is 13.9 Å². The largest absolute Gasteiger partial charge is 0.493 e. The minimum absolute atomic E-state index is 0.0210. The summed E-state index contributed by atoms with van der Waals surface area (Å²) in [5, 5.41) is 9.81. The molecule has 2 aliphatic rings. The third-order valence-electron chi connectivity index (χ3n) is 5.57. The highest BCUT2D eigenvalue weighted by Gasteiger charge is 2.33. The number of fused-ring (bicyclic) bond motifs is 2. The molecule has 0 aromatic heterocycles. The number of allylic oxidation sites excluding steroid dienone is 1. The molecule has 3 aromatic rings. The Balaban J connectivity index is 1.52. The number of rotatable bonds is 5. The summed E-state index contributed by atoms with van der Waals surface area (Å²) in [6.45, 7) is 0.154. The highest BCUT2D eigenvalue weighted by molar-refractivity contribution is 5.62. The van der Waals surface area contributed by atoms with Gasteiger partial charge in [0.25, 0.3) is 0 Å². The lowest BCUT2D eigenvalue weighted by Gasteiger charge is -2.27. The molecule has 1 atom stereocenters. The Morgan fingerprint density at radius 3 is 2.61 bits per heavy atom. The molecule has 2 heterocycles. The van der Waals surface area contributed by atoms with Gasteiger partial charge in [-0.1, -0.05) is 24.3 Å². The lowest BCUT2D eigenvalue weighted by atomic mass is 9.83. The zero-order chi connectivity index (χ0) is 22.9. The molecule has 0 aliphatic carbocycles. The summed E-state index contributed by atoms with van der Waals surface area (Å²) in [6.07, 6.45) is 0. The van der Waals surface area contributed by atoms with Crippen molar-refractivity contribution in [3.8, 4) is 34.8 Å². The number of ether oxygens (including phenoxy) is 5. The van der Waals surface area contributed by atoms with Gasteiger partial charge in [0.15, 0.2) is 23.0 Å². The van der Waals surface area contributed by atoms with E-state index in [2.05, 4.69) is 6.07 Å². The van der Waals surface area contributed by atoms with E-state index in [0.29, 0.717) is 39.9 Å². The average Bonchev–Trinajstić information content (AvgIpc) is 3.28. The molecule has 3 aromatic carbocycles. The maximum Gasteiger partial charge on any atom is 0.231 e. The highest BCUT2D eigenvalue weighted by Crippen LogP contribution is 2.48. The van der Waals surface area contributed by atoms with Crippen molar-refractivity contribution >= 4 is 0 Å². The van der Waals surface area contributed by atoms with Gasteiger partial charge in [-0.3, -0.25) is 0 Å². The topological polar surface area (TPSA) is 96.0 Å². The number of halogens is 1. The van der Waals surface area contributed by atoms with Crippen molar-refractivity contribution < 1.29 is 28.1 Å². The van der Waals surface area contributed by atoms with Crippen molar-refractivity contribution in [2.24, 2.45) is 5.73 Å². The Hall–Kier alpha value is -4.38. The predicted molar refractivity (Wildman–Crippen MR) is 116 cm³/mol. The molecule has 0 spiro atoms. The second-order valence-electron chi connectivity index (χ2n) is 7.46. The molecule has 0 unspecified atom stereocenters. The summed E-state index contributed by atoms with van der Waals surface area (Å²) in [5.41, 5.74) is 8.23. The second-order valence-corrected chi connectivity index (χ2v) is 7.46. The summed E-state index contributed by atoms with van der Waals surface area (Å²) in [4.78, 5) is 0. The normalized spacial score (nSPS) is 16.0. The Kier molecular flexibility index (Phi) is 5.15. The Morgan fingerprint density at radius 1 is 1.06 bits per heavy atom. The third-order valence-corrected chi connectivity index (χ3v) is 5.57. The zero-order valence-electron chi connectivity index (χ0n) is 17.6. The van der Waals surface area contributed by atoms with Crippen LogP contribution in [0.15, 0.2) is 66.1 Å². The minimum atomic E-state index is -0.511. The Morgan fingerprint density at radius 2 is 1.85 bits per heavy atom. The summed E-state index contributed by atoms with van der Waals surface area (Å²) in [6, 6.07) is 17.4. The first-order valence-corrected chi connectivity index (χ1v) is 10.1. The third kappa shape index (κ3) is 3.64. The van der Waals surface area contributed by atoms with Crippen LogP contribution in [0.4, 0.5) is 4.39 Å². The van der Waals surface area contributed by atoms with Crippen molar-refractivity contribution in [1.29, 1.82) is 5.26 Å². The van der Waals surface area contributed by atoms with Crippen molar-refractivity contribution in [3.63, 3.8) is 0 Å². The Labute approximate surface area is 189 Å². The van der Waals surface area contributed by atoms with Gasteiger partial charge in [0.05, 0.1) is 13.0 Å². The molecule has 33 heavy (non-hydrogen) atoms. The van der Waals surface area contributed by atoms with E-state index in [-0.39, 0.29) is 30.7 Å². The maximum atomic E-state index is 13.9. The zero-order valence-corrected chi connectivity index (χ0v) is 17.6. The van der Waals surface area contributed by atoms with Crippen molar-refractivity contribution in [2.45, 2.75) is 12.5 Å². The smallest absolute Gasteiger partial charge is 0.231 e. The summed E-state index contributed by atoms with van der Waals surface area (Å²) in [7, 11) is 1.51. The summed E-state index contributed by atoms with van der Waals surface area (Å²) in [5.74, 6) is 1.65. The number of methoxy groups -OCH3 is 1. The molecule has 0 saturated heterocycles. The van der Waals surface area contributed by atoms with Gasteiger partial charge in [0.2, 0.25) is 12.7 Å². The molecular weight excluding hydrogens is 427 g/mol. The molecule has 8 heteroatoms. The van der Waals surface area contributed by atoms with Crippen LogP contribution in [-0.2, 0) is 6.61 Å². The van der Waals surface area contributed by atoms with E-state index >= 15 is 0 Å².